The molecule has 6 heteroatoms. The van der Waals surface area contributed by atoms with Crippen LogP contribution in [0.1, 0.15) is 0 Å². The summed E-state index contributed by atoms with van der Waals surface area (Å²) in [6, 6.07) is 5.71. The van der Waals surface area contributed by atoms with Crippen LogP contribution < -0.4 is 10.1 Å². The number of ether oxygens (including phenoxy) is 1. The Labute approximate surface area is 106 Å². The highest BCUT2D eigenvalue weighted by Crippen LogP contribution is 2.31. The summed E-state index contributed by atoms with van der Waals surface area (Å²) in [5.74, 6) is 1.19. The van der Waals surface area contributed by atoms with Gasteiger partial charge in [-0.3, -0.25) is 0 Å². The number of nitrogens with zero attached hydrogens (tertiary/aromatic N) is 2. The number of hydrogen-bond acceptors (Lipinski definition) is 4. The van der Waals surface area contributed by atoms with E-state index in [-0.39, 0.29) is 5.82 Å². The summed E-state index contributed by atoms with van der Waals surface area (Å²) < 4.78 is 18.8. The second kappa shape index (κ2) is 5.09. The van der Waals surface area contributed by atoms with Crippen molar-refractivity contribution in [2.45, 2.75) is 0 Å². The topological polar surface area (TPSA) is 47.0 Å². The van der Waals surface area contributed by atoms with Crippen LogP contribution in [0.4, 0.5) is 10.2 Å². The van der Waals surface area contributed by atoms with E-state index < -0.39 is 0 Å². The van der Waals surface area contributed by atoms with Gasteiger partial charge in [0, 0.05) is 7.05 Å². The minimum Gasteiger partial charge on any atom is -0.438 e. The molecule has 1 N–H and O–H groups in total. The molecule has 1 aromatic carbocycles. The molecule has 4 nitrogen and oxygen atoms in total. The van der Waals surface area contributed by atoms with Crippen LogP contribution in [0.15, 0.2) is 35.1 Å². The van der Waals surface area contributed by atoms with Crippen LogP contribution in [-0.2, 0) is 0 Å². The Morgan fingerprint density at radius 1 is 1.24 bits per heavy atom. The molecule has 2 rings (SSSR count). The van der Waals surface area contributed by atoms with Crippen molar-refractivity contribution in [2.75, 3.05) is 12.4 Å². The van der Waals surface area contributed by atoms with Gasteiger partial charge < -0.3 is 10.1 Å². The van der Waals surface area contributed by atoms with E-state index >= 15 is 0 Å². The molecule has 0 aliphatic rings. The van der Waals surface area contributed by atoms with E-state index in [2.05, 4.69) is 31.2 Å². The predicted molar refractivity (Wildman–Crippen MR) is 65.8 cm³/mol. The van der Waals surface area contributed by atoms with Gasteiger partial charge in [0.2, 0.25) is 5.88 Å². The number of benzene rings is 1. The quantitative estimate of drug-likeness (QED) is 0.945. The molecule has 0 atom stereocenters. The fourth-order valence-electron chi connectivity index (χ4n) is 1.21. The van der Waals surface area contributed by atoms with Gasteiger partial charge in [0.1, 0.15) is 28.2 Å². The summed E-state index contributed by atoms with van der Waals surface area (Å²) in [5.41, 5.74) is 0. The summed E-state index contributed by atoms with van der Waals surface area (Å²) in [4.78, 5) is 7.99. The highest BCUT2D eigenvalue weighted by Gasteiger charge is 2.09. The first-order chi connectivity index (χ1) is 8.20. The van der Waals surface area contributed by atoms with E-state index in [1.54, 1.807) is 7.05 Å². The summed E-state index contributed by atoms with van der Waals surface area (Å²) >= 11 is 3.33. The Kier molecular flexibility index (Phi) is 3.53. The number of anilines is 1. The highest BCUT2D eigenvalue weighted by molar-refractivity contribution is 9.10. The van der Waals surface area contributed by atoms with Gasteiger partial charge in [-0.15, -0.1) is 0 Å². The number of aromatic nitrogens is 2. The number of nitrogens with one attached hydrogen (secondary N) is 1. The maximum atomic E-state index is 12.7. The van der Waals surface area contributed by atoms with Gasteiger partial charge in [-0.2, -0.15) is 0 Å². The SMILES string of the molecule is CNc1ncnc(Oc2ccc(F)cc2)c1Br. The third kappa shape index (κ3) is 2.71. The van der Waals surface area contributed by atoms with Crippen molar-refractivity contribution in [3.63, 3.8) is 0 Å². The lowest BCUT2D eigenvalue weighted by Gasteiger charge is -2.08. The van der Waals surface area contributed by atoms with E-state index in [1.807, 2.05) is 0 Å². The molecular formula is C11H9BrFN3O. The molecule has 17 heavy (non-hydrogen) atoms. The molecule has 0 spiro atoms. The lowest BCUT2D eigenvalue weighted by molar-refractivity contribution is 0.457. The van der Waals surface area contributed by atoms with E-state index in [4.69, 9.17) is 4.74 Å². The smallest absolute Gasteiger partial charge is 0.238 e. The summed E-state index contributed by atoms with van der Waals surface area (Å²) in [6.45, 7) is 0. The van der Waals surface area contributed by atoms with Gasteiger partial charge in [-0.25, -0.2) is 14.4 Å². The fourth-order valence-corrected chi connectivity index (χ4v) is 1.70. The Morgan fingerprint density at radius 2 is 1.94 bits per heavy atom. The molecule has 1 heterocycles. The first-order valence-electron chi connectivity index (χ1n) is 4.82. The molecule has 0 bridgehead atoms. The van der Waals surface area contributed by atoms with Crippen LogP contribution in [-0.4, -0.2) is 17.0 Å². The standard InChI is InChI=1S/C11H9BrFN3O/c1-14-10-9(12)11(16-6-15-10)17-8-4-2-7(13)3-5-8/h2-6H,1H3,(H,14,15,16). The average Bonchev–Trinajstić information content (AvgIpc) is 2.35. The molecule has 1 aromatic heterocycles. The Bertz CT molecular complexity index is 519. The molecular weight excluding hydrogens is 289 g/mol. The van der Waals surface area contributed by atoms with Crippen molar-refractivity contribution in [3.8, 4) is 11.6 Å². The van der Waals surface area contributed by atoms with Crippen molar-refractivity contribution >= 4 is 21.7 Å². The molecule has 0 unspecified atom stereocenters. The van der Waals surface area contributed by atoms with E-state index in [0.717, 1.165) is 0 Å². The second-order valence-electron chi connectivity index (χ2n) is 3.15. The second-order valence-corrected chi connectivity index (χ2v) is 3.94. The average molecular weight is 298 g/mol. The Balaban J connectivity index is 2.27. The van der Waals surface area contributed by atoms with Crippen molar-refractivity contribution in [3.05, 3.63) is 40.9 Å². The van der Waals surface area contributed by atoms with E-state index in [1.165, 1.54) is 30.6 Å². The number of rotatable bonds is 3. The lowest BCUT2D eigenvalue weighted by atomic mass is 10.3. The van der Waals surface area contributed by atoms with Gasteiger partial charge in [-0.1, -0.05) is 0 Å². The molecule has 0 radical (unpaired) electrons. The summed E-state index contributed by atoms with van der Waals surface area (Å²) in [6.07, 6.45) is 1.38. The maximum absolute atomic E-state index is 12.7. The van der Waals surface area contributed by atoms with Gasteiger partial charge in [0.05, 0.1) is 0 Å². The largest absolute Gasteiger partial charge is 0.438 e. The Hall–Kier alpha value is -1.69. The van der Waals surface area contributed by atoms with Gasteiger partial charge >= 0.3 is 0 Å². The van der Waals surface area contributed by atoms with Crippen LogP contribution in [0, 0.1) is 5.82 Å². The summed E-state index contributed by atoms with van der Waals surface area (Å²) in [5, 5.41) is 2.89. The first kappa shape index (κ1) is 11.8. The van der Waals surface area contributed by atoms with E-state index in [9.17, 15) is 4.39 Å². The molecule has 0 fully saturated rings. The highest BCUT2D eigenvalue weighted by atomic mass is 79.9. The monoisotopic (exact) mass is 297 g/mol. The first-order valence-corrected chi connectivity index (χ1v) is 5.61. The molecule has 0 amide bonds. The minimum absolute atomic E-state index is 0.310. The maximum Gasteiger partial charge on any atom is 0.238 e. The van der Waals surface area contributed by atoms with Crippen LogP contribution >= 0.6 is 15.9 Å². The molecule has 0 aliphatic heterocycles. The molecule has 0 saturated heterocycles. The van der Waals surface area contributed by atoms with Crippen LogP contribution in [0.2, 0.25) is 0 Å². The van der Waals surface area contributed by atoms with Crippen LogP contribution in [0.5, 0.6) is 11.6 Å². The zero-order valence-corrected chi connectivity index (χ0v) is 10.5. The predicted octanol–water partition coefficient (Wildman–Crippen LogP) is 3.21. The third-order valence-electron chi connectivity index (χ3n) is 2.02. The molecule has 2 aromatic rings. The molecule has 88 valence electrons. The van der Waals surface area contributed by atoms with Gasteiger partial charge in [-0.05, 0) is 40.2 Å². The summed E-state index contributed by atoms with van der Waals surface area (Å²) in [7, 11) is 1.74. The van der Waals surface area contributed by atoms with Crippen molar-refractivity contribution in [1.29, 1.82) is 0 Å². The molecule has 0 aliphatic carbocycles. The van der Waals surface area contributed by atoms with Crippen molar-refractivity contribution in [1.82, 2.24) is 9.97 Å². The van der Waals surface area contributed by atoms with Crippen LogP contribution in [0.25, 0.3) is 0 Å². The zero-order chi connectivity index (χ0) is 12.3. The third-order valence-corrected chi connectivity index (χ3v) is 2.74. The van der Waals surface area contributed by atoms with Crippen molar-refractivity contribution in [2.24, 2.45) is 0 Å². The lowest BCUT2D eigenvalue weighted by Crippen LogP contribution is -1.97. The van der Waals surface area contributed by atoms with Crippen molar-refractivity contribution < 1.29 is 9.13 Å². The number of hydrogen-bond donors (Lipinski definition) is 1. The zero-order valence-electron chi connectivity index (χ0n) is 8.95. The number of halogens is 2. The fraction of sp³-hybridized carbons (Fsp3) is 0.0909. The van der Waals surface area contributed by atoms with Gasteiger partial charge in [0.25, 0.3) is 0 Å². The molecule has 0 saturated carbocycles. The Morgan fingerprint density at radius 3 is 2.59 bits per heavy atom. The minimum atomic E-state index is -0.310. The van der Waals surface area contributed by atoms with Gasteiger partial charge in [0.15, 0.2) is 0 Å². The van der Waals surface area contributed by atoms with E-state index in [0.29, 0.717) is 21.9 Å². The normalized spacial score (nSPS) is 10.1. The van der Waals surface area contributed by atoms with Crippen LogP contribution in [0.3, 0.4) is 0 Å².